The molecule has 3 fully saturated rings. The average Bonchev–Trinajstić information content (AvgIpc) is 3.94. The lowest BCUT2D eigenvalue weighted by Gasteiger charge is -2.57. The van der Waals surface area contributed by atoms with E-state index in [1.54, 1.807) is 26.0 Å². The lowest BCUT2D eigenvalue weighted by Crippen LogP contribution is -2.63. The van der Waals surface area contributed by atoms with Gasteiger partial charge in [-0.05, 0) is 114 Å². The van der Waals surface area contributed by atoms with Gasteiger partial charge in [-0.25, -0.2) is 22.5 Å². The lowest BCUT2D eigenvalue weighted by atomic mass is 9.70. The molecule has 3 atom stereocenters. The van der Waals surface area contributed by atoms with E-state index in [1.807, 2.05) is 37.6 Å². The predicted octanol–water partition coefficient (Wildman–Crippen LogP) is 8.52. The highest BCUT2D eigenvalue weighted by molar-refractivity contribution is 7.90. The Hall–Kier alpha value is -5.89. The summed E-state index contributed by atoms with van der Waals surface area (Å²) in [6.45, 7) is 13.0. The molecule has 1 amide bonds. The smallest absolute Gasteiger partial charge is 0.312 e. The van der Waals surface area contributed by atoms with E-state index in [-0.39, 0.29) is 51.8 Å². The molecule has 3 aromatic heterocycles. The predicted molar refractivity (Wildman–Crippen MR) is 260 cm³/mol. The van der Waals surface area contributed by atoms with E-state index >= 15 is 0 Å². The van der Waals surface area contributed by atoms with Crippen molar-refractivity contribution in [2.75, 3.05) is 49.5 Å². The summed E-state index contributed by atoms with van der Waals surface area (Å²) in [6, 6.07) is 15.7. The Balaban J connectivity index is 1.00. The molecular formula is C50H63FN8O9S. The van der Waals surface area contributed by atoms with Crippen LogP contribution >= 0.6 is 0 Å². The molecule has 2 aliphatic heterocycles. The molecule has 1 aliphatic carbocycles. The molecule has 0 unspecified atom stereocenters. The highest BCUT2D eigenvalue weighted by Gasteiger charge is 2.49. The minimum atomic E-state index is -4.74. The maximum Gasteiger partial charge on any atom is 0.312 e. The van der Waals surface area contributed by atoms with E-state index in [1.165, 1.54) is 17.7 Å². The van der Waals surface area contributed by atoms with Crippen molar-refractivity contribution in [1.82, 2.24) is 24.6 Å². The van der Waals surface area contributed by atoms with Gasteiger partial charge in [0.05, 0.1) is 39.9 Å². The number of rotatable bonds is 19. The monoisotopic (exact) mass is 970 g/mol. The largest absolute Gasteiger partial charge is 0.475 e. The highest BCUT2D eigenvalue weighted by atomic mass is 32.2. The maximum atomic E-state index is 14.9. The number of nitrogens with one attached hydrogen (secondary N) is 3. The first-order chi connectivity index (χ1) is 32.8. The van der Waals surface area contributed by atoms with Crippen molar-refractivity contribution in [1.29, 1.82) is 0 Å². The zero-order chi connectivity index (χ0) is 49.3. The van der Waals surface area contributed by atoms with Crippen LogP contribution in [-0.2, 0) is 15.6 Å². The first-order valence-electron chi connectivity index (χ1n) is 23.9. The maximum absolute atomic E-state index is 14.9. The third kappa shape index (κ3) is 10.8. The average molecular weight is 971 g/mol. The molecule has 8 rings (SSSR count). The van der Waals surface area contributed by atoms with Crippen molar-refractivity contribution in [2.24, 2.45) is 5.41 Å². The van der Waals surface area contributed by atoms with Crippen LogP contribution in [0, 0.1) is 21.3 Å². The van der Waals surface area contributed by atoms with Gasteiger partial charge in [0, 0.05) is 68.8 Å². The van der Waals surface area contributed by atoms with Crippen LogP contribution in [0.2, 0.25) is 0 Å². The van der Waals surface area contributed by atoms with Crippen LogP contribution in [-0.4, -0.2) is 100 Å². The summed E-state index contributed by atoms with van der Waals surface area (Å²) in [5, 5.41) is 36.4. The van der Waals surface area contributed by atoms with Crippen molar-refractivity contribution in [3.63, 3.8) is 0 Å². The topological polar surface area (TPSA) is 225 Å². The highest BCUT2D eigenvalue weighted by Crippen LogP contribution is 2.49. The number of carbonyl (C=O) groups excluding carboxylic acids is 1. The van der Waals surface area contributed by atoms with Gasteiger partial charge < -0.3 is 34.9 Å². The number of fused-ring (bicyclic) bond motifs is 1. The first kappa shape index (κ1) is 49.5. The number of carbonyl (C=O) groups is 1. The Kier molecular flexibility index (Phi) is 14.2. The number of hydrogen-bond acceptors (Lipinski definition) is 14. The Morgan fingerprint density at radius 3 is 2.51 bits per heavy atom. The number of piperidine rings is 1. The molecule has 1 spiro atoms. The number of benzene rings is 2. The molecule has 69 heavy (non-hydrogen) atoms. The lowest BCUT2D eigenvalue weighted by molar-refractivity contribution is -0.384. The summed E-state index contributed by atoms with van der Waals surface area (Å²) in [5.41, 5.74) is 0.773. The summed E-state index contributed by atoms with van der Waals surface area (Å²) in [4.78, 5) is 40.9. The molecule has 370 valence electrons. The van der Waals surface area contributed by atoms with Gasteiger partial charge in [-0.15, -0.1) is 0 Å². The second-order valence-electron chi connectivity index (χ2n) is 19.6. The Labute approximate surface area is 402 Å². The van der Waals surface area contributed by atoms with Crippen LogP contribution in [0.1, 0.15) is 120 Å². The van der Waals surface area contributed by atoms with Crippen LogP contribution in [0.3, 0.4) is 0 Å². The van der Waals surface area contributed by atoms with Crippen LogP contribution in [0.4, 0.5) is 21.6 Å². The molecule has 3 aliphatic rings. The Morgan fingerprint density at radius 2 is 1.80 bits per heavy atom. The number of halogens is 1. The molecule has 5 aromatic rings. The van der Waals surface area contributed by atoms with Crippen molar-refractivity contribution in [3.05, 3.63) is 99.6 Å². The number of aromatic amines is 1. The normalized spacial score (nSPS) is 19.3. The fourth-order valence-corrected chi connectivity index (χ4v) is 11.2. The van der Waals surface area contributed by atoms with Gasteiger partial charge in [0.15, 0.2) is 5.75 Å². The zero-order valence-electron chi connectivity index (χ0n) is 39.9. The van der Waals surface area contributed by atoms with Gasteiger partial charge in [0.1, 0.15) is 22.1 Å². The Morgan fingerprint density at radius 1 is 1.04 bits per heavy atom. The van der Waals surface area contributed by atoms with Crippen LogP contribution < -0.4 is 24.4 Å². The number of ether oxygens (including phenoxy) is 2. The summed E-state index contributed by atoms with van der Waals surface area (Å²) >= 11 is 0. The molecule has 5 N–H and O–H groups in total. The van der Waals surface area contributed by atoms with E-state index in [4.69, 9.17) is 9.47 Å². The molecule has 5 heterocycles. The van der Waals surface area contributed by atoms with Crippen LogP contribution in [0.5, 0.6) is 17.4 Å². The van der Waals surface area contributed by atoms with E-state index in [0.717, 1.165) is 69.2 Å². The number of hydrogen-bond donors (Lipinski definition) is 5. The fraction of sp³-hybridized carbons (Fsp3) is 0.500. The number of likely N-dealkylation sites (tertiary alicyclic amines) is 1. The number of pyridine rings is 2. The van der Waals surface area contributed by atoms with Gasteiger partial charge in [-0.2, -0.15) is 4.98 Å². The molecule has 17 nitrogen and oxygen atoms in total. The fourth-order valence-electron chi connectivity index (χ4n) is 10.2. The van der Waals surface area contributed by atoms with E-state index < -0.39 is 48.5 Å². The number of nitrogens with zero attached hydrogens (tertiary/aromatic N) is 5. The first-order valence-corrected chi connectivity index (χ1v) is 25.4. The van der Waals surface area contributed by atoms with Crippen molar-refractivity contribution >= 4 is 44.2 Å². The number of sulfonamides is 1. The standard InChI is InChI=1S/C50H63FN8O9S/c1-6-49(5,62)19-10-11-22-52-45-41(59(63)64)26-33(28-53-45)69(65,66)56-46(60)36-18-17-32(25-42(36)68-43-27-37-39(51)29-54-44(37)55-47(43)67-7-2)57-23-20-50(21-24-57)30-58(31-50)40-16-12-14-35(40)34-13-8-9-15-38(34)48(3,4)61/h8-9,13,15,17-18,25-29,35,40,61-62H,6-7,10-12,14,16,19-24,30-31H2,1-5H3,(H,52,53)(H,54,55)(H,56,60)/t35-,40-,49-/m1/s1. The van der Waals surface area contributed by atoms with Crippen LogP contribution in [0.25, 0.3) is 11.0 Å². The van der Waals surface area contributed by atoms with Crippen molar-refractivity contribution < 1.29 is 42.2 Å². The number of H-pyrrole nitrogens is 1. The van der Waals surface area contributed by atoms with E-state index in [2.05, 4.69) is 42.2 Å². The summed E-state index contributed by atoms with van der Waals surface area (Å²) < 4.78 is 56.6. The molecule has 0 bridgehead atoms. The van der Waals surface area contributed by atoms with E-state index in [9.17, 15) is 37.9 Å². The third-order valence-corrected chi connectivity index (χ3v) is 15.6. The molecule has 2 aromatic carbocycles. The van der Waals surface area contributed by atoms with Gasteiger partial charge >= 0.3 is 5.69 Å². The number of unbranched alkanes of at least 4 members (excludes halogenated alkanes) is 1. The summed E-state index contributed by atoms with van der Waals surface area (Å²) in [5.74, 6) is -1.53. The third-order valence-electron chi connectivity index (χ3n) is 14.3. The second kappa shape index (κ2) is 19.8. The van der Waals surface area contributed by atoms with Gasteiger partial charge in [0.2, 0.25) is 5.82 Å². The number of aromatic nitrogens is 3. The molecule has 1 saturated carbocycles. The Bertz CT molecular complexity index is 2800. The van der Waals surface area contributed by atoms with Crippen molar-refractivity contribution in [3.8, 4) is 17.4 Å². The number of aliphatic hydroxyl groups is 2. The van der Waals surface area contributed by atoms with E-state index in [0.29, 0.717) is 63.0 Å². The van der Waals surface area contributed by atoms with Crippen LogP contribution in [0.15, 0.2) is 71.9 Å². The number of anilines is 2. The molecular weight excluding hydrogens is 908 g/mol. The minimum absolute atomic E-state index is 0.0127. The second-order valence-corrected chi connectivity index (χ2v) is 21.3. The van der Waals surface area contributed by atoms with Gasteiger partial charge in [-0.1, -0.05) is 37.6 Å². The summed E-state index contributed by atoms with van der Waals surface area (Å²) in [7, 11) is -4.74. The summed E-state index contributed by atoms with van der Waals surface area (Å²) in [6.07, 6.45) is 9.64. The SMILES string of the molecule is CCOc1nc2[nH]cc(F)c2cc1Oc1cc(N2CCC3(CC2)CN([C@@H]2CCC[C@@H]2c2ccccc2C(C)(C)O)C3)ccc1C(=O)NS(=O)(=O)c1cnc(NCCCC[C@](C)(O)CC)c([N+](=O)[O-])c1. The van der Waals surface area contributed by atoms with Gasteiger partial charge in [-0.3, -0.25) is 19.8 Å². The molecule has 0 radical (unpaired) electrons. The number of amides is 1. The van der Waals surface area contributed by atoms with Gasteiger partial charge in [0.25, 0.3) is 21.8 Å². The quantitative estimate of drug-likeness (QED) is 0.0297. The number of nitro groups is 1. The molecule has 19 heteroatoms. The minimum Gasteiger partial charge on any atom is -0.475 e. The zero-order valence-corrected chi connectivity index (χ0v) is 40.7. The molecule has 2 saturated heterocycles. The van der Waals surface area contributed by atoms with Crippen molar-refractivity contribution in [2.45, 2.75) is 120 Å².